The van der Waals surface area contributed by atoms with Gasteiger partial charge >= 0.3 is 0 Å². The van der Waals surface area contributed by atoms with Crippen LogP contribution in [-0.2, 0) is 17.9 Å². The van der Waals surface area contributed by atoms with Crippen LogP contribution in [0, 0.1) is 11.3 Å². The molecule has 0 radical (unpaired) electrons. The Morgan fingerprint density at radius 1 is 0.906 bits per heavy atom. The van der Waals surface area contributed by atoms with E-state index in [4.69, 9.17) is 0 Å². The molecule has 0 unspecified atom stereocenters. The fourth-order valence-electron chi connectivity index (χ4n) is 3.71. The highest BCUT2D eigenvalue weighted by Gasteiger charge is 2.22. The average Bonchev–Trinajstić information content (AvgIpc) is 3.27. The minimum atomic E-state index is -0.177. The number of hydrogen-bond acceptors (Lipinski definition) is 4. The van der Waals surface area contributed by atoms with Gasteiger partial charge in [-0.2, -0.15) is 5.26 Å². The molecule has 3 aromatic carbocycles. The molecule has 6 heteroatoms. The van der Waals surface area contributed by atoms with Crippen LogP contribution in [0.15, 0.2) is 82.6 Å². The monoisotopic (exact) mass is 441 g/mol. The number of nitriles is 1. The third-order valence-electron chi connectivity index (χ3n) is 5.41. The lowest BCUT2D eigenvalue weighted by Crippen LogP contribution is -2.28. The minimum absolute atomic E-state index is 0.111. The van der Waals surface area contributed by atoms with Crippen LogP contribution in [0.4, 0.5) is 0 Å². The predicted molar refractivity (Wildman–Crippen MR) is 124 cm³/mol. The summed E-state index contributed by atoms with van der Waals surface area (Å²) < 4.78 is 0. The van der Waals surface area contributed by atoms with Crippen molar-refractivity contribution in [2.75, 3.05) is 6.54 Å². The molecule has 1 heterocycles. The predicted octanol–water partition coefficient (Wildman–Crippen LogP) is 4.76. The van der Waals surface area contributed by atoms with Gasteiger partial charge in [-0.3, -0.25) is 9.59 Å². The normalized spacial score (nSPS) is 12.2. The van der Waals surface area contributed by atoms with Crippen molar-refractivity contribution in [3.05, 3.63) is 95.1 Å². The topological polar surface area (TPSA) is 73.2 Å². The summed E-state index contributed by atoms with van der Waals surface area (Å²) in [6, 6.07) is 25.0. The van der Waals surface area contributed by atoms with Crippen molar-refractivity contribution >= 4 is 23.6 Å². The quantitative estimate of drug-likeness (QED) is 0.537. The molecule has 0 saturated heterocycles. The number of hydrogen-bond donors (Lipinski definition) is 1. The lowest BCUT2D eigenvalue weighted by Gasteiger charge is -2.15. The first-order valence-corrected chi connectivity index (χ1v) is 11.4. The van der Waals surface area contributed by atoms with Crippen molar-refractivity contribution in [2.24, 2.45) is 0 Å². The van der Waals surface area contributed by atoms with Crippen LogP contribution in [0.5, 0.6) is 0 Å². The van der Waals surface area contributed by atoms with E-state index >= 15 is 0 Å². The van der Waals surface area contributed by atoms with Gasteiger partial charge in [0.1, 0.15) is 6.07 Å². The van der Waals surface area contributed by atoms with Gasteiger partial charge in [0.05, 0.1) is 11.1 Å². The zero-order valence-corrected chi connectivity index (χ0v) is 18.4. The Morgan fingerprint density at radius 3 is 2.25 bits per heavy atom. The number of benzene rings is 3. The molecule has 0 bridgehead atoms. The summed E-state index contributed by atoms with van der Waals surface area (Å²) in [5.41, 5.74) is 3.56. The number of rotatable bonds is 7. The SMILES string of the molecule is N#Cc1ccccc1Sc1ccccc1C(=O)NCCCC(=O)N1Cc2ccccc2C1. The van der Waals surface area contributed by atoms with Crippen molar-refractivity contribution in [3.8, 4) is 6.07 Å². The molecule has 0 aliphatic carbocycles. The minimum Gasteiger partial charge on any atom is -0.352 e. The molecule has 1 aliphatic heterocycles. The maximum Gasteiger partial charge on any atom is 0.252 e. The average molecular weight is 442 g/mol. The fourth-order valence-corrected chi connectivity index (χ4v) is 4.74. The van der Waals surface area contributed by atoms with E-state index < -0.39 is 0 Å². The zero-order chi connectivity index (χ0) is 22.3. The largest absolute Gasteiger partial charge is 0.352 e. The van der Waals surface area contributed by atoms with Gasteiger partial charge in [-0.05, 0) is 41.8 Å². The Balaban J connectivity index is 1.30. The Bertz CT molecular complexity index is 1160. The summed E-state index contributed by atoms with van der Waals surface area (Å²) in [4.78, 5) is 28.8. The molecule has 0 atom stereocenters. The first kappa shape index (κ1) is 21.7. The van der Waals surface area contributed by atoms with Gasteiger partial charge in [0, 0.05) is 35.8 Å². The van der Waals surface area contributed by atoms with Gasteiger partial charge in [-0.25, -0.2) is 0 Å². The summed E-state index contributed by atoms with van der Waals surface area (Å²) in [6.07, 6.45) is 0.990. The third kappa shape index (κ3) is 5.01. The van der Waals surface area contributed by atoms with Crippen molar-refractivity contribution in [3.63, 3.8) is 0 Å². The Morgan fingerprint density at radius 2 is 1.53 bits per heavy atom. The van der Waals surface area contributed by atoms with Crippen molar-refractivity contribution < 1.29 is 9.59 Å². The number of nitrogens with zero attached hydrogens (tertiary/aromatic N) is 2. The molecule has 1 aliphatic rings. The molecule has 0 spiro atoms. The van der Waals surface area contributed by atoms with E-state index in [2.05, 4.69) is 23.5 Å². The van der Waals surface area contributed by atoms with Crippen molar-refractivity contribution in [1.82, 2.24) is 10.2 Å². The maximum atomic E-state index is 12.8. The third-order valence-corrected chi connectivity index (χ3v) is 6.56. The lowest BCUT2D eigenvalue weighted by molar-refractivity contribution is -0.131. The van der Waals surface area contributed by atoms with Gasteiger partial charge in [0.25, 0.3) is 5.91 Å². The Hall–Kier alpha value is -3.56. The molecule has 0 fully saturated rings. The van der Waals surface area contributed by atoms with Crippen LogP contribution in [0.25, 0.3) is 0 Å². The highest BCUT2D eigenvalue weighted by atomic mass is 32.2. The fraction of sp³-hybridized carbons (Fsp3) is 0.192. The van der Waals surface area contributed by atoms with Gasteiger partial charge in [0.2, 0.25) is 5.91 Å². The first-order chi connectivity index (χ1) is 15.7. The molecular weight excluding hydrogens is 418 g/mol. The second kappa shape index (κ2) is 10.2. The van der Waals surface area contributed by atoms with Crippen molar-refractivity contribution in [2.45, 2.75) is 35.7 Å². The van der Waals surface area contributed by atoms with E-state index in [1.54, 1.807) is 12.1 Å². The van der Waals surface area contributed by atoms with E-state index in [9.17, 15) is 14.9 Å². The highest BCUT2D eigenvalue weighted by Crippen LogP contribution is 2.32. The van der Waals surface area contributed by atoms with E-state index in [0.717, 1.165) is 9.79 Å². The first-order valence-electron chi connectivity index (χ1n) is 10.5. The van der Waals surface area contributed by atoms with Crippen LogP contribution in [-0.4, -0.2) is 23.3 Å². The van der Waals surface area contributed by atoms with Crippen LogP contribution >= 0.6 is 11.8 Å². The lowest BCUT2D eigenvalue weighted by atomic mass is 10.1. The van der Waals surface area contributed by atoms with Gasteiger partial charge in [-0.1, -0.05) is 60.3 Å². The Kier molecular flexibility index (Phi) is 6.88. The molecule has 0 saturated carbocycles. The van der Waals surface area contributed by atoms with Crippen molar-refractivity contribution in [1.29, 1.82) is 5.26 Å². The summed E-state index contributed by atoms with van der Waals surface area (Å²) in [5, 5.41) is 12.2. The molecule has 160 valence electrons. The molecular formula is C26H23N3O2S. The number of fused-ring (bicyclic) bond motifs is 1. The van der Waals surface area contributed by atoms with Crippen LogP contribution < -0.4 is 5.32 Å². The maximum absolute atomic E-state index is 12.8. The number of nitrogens with one attached hydrogen (secondary N) is 1. The van der Waals surface area contributed by atoms with E-state index in [-0.39, 0.29) is 11.8 Å². The molecule has 0 aromatic heterocycles. The van der Waals surface area contributed by atoms with Crippen LogP contribution in [0.1, 0.15) is 39.9 Å². The number of amides is 2. The highest BCUT2D eigenvalue weighted by molar-refractivity contribution is 7.99. The molecule has 4 rings (SSSR count). The van der Waals surface area contributed by atoms with Gasteiger partial charge in [0.15, 0.2) is 0 Å². The summed E-state index contributed by atoms with van der Waals surface area (Å²) in [5.74, 6) is -0.0666. The summed E-state index contributed by atoms with van der Waals surface area (Å²) in [6.45, 7) is 1.76. The van der Waals surface area contributed by atoms with Gasteiger partial charge in [-0.15, -0.1) is 0 Å². The van der Waals surface area contributed by atoms with E-state index in [0.29, 0.717) is 43.6 Å². The van der Waals surface area contributed by atoms with Gasteiger partial charge < -0.3 is 10.2 Å². The number of carbonyl (C=O) groups excluding carboxylic acids is 2. The van der Waals surface area contributed by atoms with E-state index in [1.807, 2.05) is 53.4 Å². The summed E-state index contributed by atoms with van der Waals surface area (Å²) in [7, 11) is 0. The molecule has 2 amide bonds. The van der Waals surface area contributed by atoms with E-state index in [1.165, 1.54) is 22.9 Å². The second-order valence-electron chi connectivity index (χ2n) is 7.58. The Labute approximate surface area is 192 Å². The number of carbonyl (C=O) groups is 2. The molecule has 32 heavy (non-hydrogen) atoms. The summed E-state index contributed by atoms with van der Waals surface area (Å²) >= 11 is 1.40. The molecule has 3 aromatic rings. The molecule has 1 N–H and O–H groups in total. The van der Waals surface area contributed by atoms with Crippen LogP contribution in [0.2, 0.25) is 0 Å². The smallest absolute Gasteiger partial charge is 0.252 e. The standard InChI is InChI=1S/C26H23N3O2S/c27-16-19-8-3-5-12-23(19)32-24-13-6-4-11-22(24)26(31)28-15-7-14-25(30)29-17-20-9-1-2-10-21(20)18-29/h1-6,8-13H,7,14-15,17-18H2,(H,28,31). The van der Waals surface area contributed by atoms with Crippen LogP contribution in [0.3, 0.4) is 0 Å². The second-order valence-corrected chi connectivity index (χ2v) is 8.67. The molecule has 5 nitrogen and oxygen atoms in total. The zero-order valence-electron chi connectivity index (χ0n) is 17.6.